The lowest BCUT2D eigenvalue weighted by molar-refractivity contribution is 0.0827. The average Bonchev–Trinajstić information content (AvgIpc) is 2.39. The van der Waals surface area contributed by atoms with Crippen LogP contribution in [0.4, 0.5) is 0 Å². The molecule has 1 heterocycles. The quantitative estimate of drug-likeness (QED) is 0.867. The molecule has 98 valence electrons. The van der Waals surface area contributed by atoms with Gasteiger partial charge in [-0.3, -0.25) is 4.79 Å². The Hall–Kier alpha value is -1.35. The van der Waals surface area contributed by atoms with Crippen LogP contribution in [0.3, 0.4) is 0 Å². The monoisotopic (exact) mass is 246 g/mol. The Morgan fingerprint density at radius 1 is 1.28 bits per heavy atom. The highest BCUT2D eigenvalue weighted by atomic mass is 16.2. The zero-order valence-electron chi connectivity index (χ0n) is 11.5. The summed E-state index contributed by atoms with van der Waals surface area (Å²) in [6.07, 6.45) is 2.33. The highest BCUT2D eigenvalue weighted by Gasteiger charge is 2.18. The first kappa shape index (κ1) is 13.1. The summed E-state index contributed by atoms with van der Waals surface area (Å²) in [6, 6.07) is 6.35. The fourth-order valence-corrected chi connectivity index (χ4v) is 2.52. The molecule has 0 unspecified atom stereocenters. The number of rotatable bonds is 2. The lowest BCUT2D eigenvalue weighted by atomic mass is 9.88. The van der Waals surface area contributed by atoms with E-state index in [1.807, 2.05) is 6.92 Å². The van der Waals surface area contributed by atoms with Crippen molar-refractivity contribution < 1.29 is 4.79 Å². The van der Waals surface area contributed by atoms with E-state index in [2.05, 4.69) is 23.5 Å². The first-order valence-electron chi connectivity index (χ1n) is 6.62. The van der Waals surface area contributed by atoms with Crippen LogP contribution < -0.4 is 5.32 Å². The molecular formula is C15H22N2O. The predicted molar refractivity (Wildman–Crippen MR) is 74.0 cm³/mol. The molecule has 0 bridgehead atoms. The Morgan fingerprint density at radius 2 is 1.94 bits per heavy atom. The molecule has 1 amide bonds. The highest BCUT2D eigenvalue weighted by Crippen LogP contribution is 2.27. The Bertz CT molecular complexity index is 434. The van der Waals surface area contributed by atoms with E-state index >= 15 is 0 Å². The zero-order valence-corrected chi connectivity index (χ0v) is 11.5. The molecule has 0 radical (unpaired) electrons. The summed E-state index contributed by atoms with van der Waals surface area (Å²) >= 11 is 0. The fourth-order valence-electron chi connectivity index (χ4n) is 2.52. The molecule has 1 aromatic rings. The van der Waals surface area contributed by atoms with E-state index in [0.29, 0.717) is 5.92 Å². The van der Waals surface area contributed by atoms with Crippen LogP contribution in [-0.2, 0) is 0 Å². The number of piperidine rings is 1. The Balaban J connectivity index is 2.28. The van der Waals surface area contributed by atoms with Crippen molar-refractivity contribution in [1.29, 1.82) is 0 Å². The summed E-state index contributed by atoms with van der Waals surface area (Å²) in [5.41, 5.74) is 3.22. The van der Waals surface area contributed by atoms with Crippen LogP contribution in [0, 0.1) is 6.92 Å². The van der Waals surface area contributed by atoms with Gasteiger partial charge in [-0.2, -0.15) is 0 Å². The summed E-state index contributed by atoms with van der Waals surface area (Å²) in [4.78, 5) is 13.8. The van der Waals surface area contributed by atoms with E-state index in [9.17, 15) is 4.79 Å². The molecule has 1 fully saturated rings. The molecule has 1 saturated heterocycles. The maximum absolute atomic E-state index is 12.1. The van der Waals surface area contributed by atoms with E-state index in [-0.39, 0.29) is 5.91 Å². The fraction of sp³-hybridized carbons (Fsp3) is 0.533. The SMILES string of the molecule is Cc1ccc(C2CCNCC2)cc1C(=O)N(C)C. The minimum absolute atomic E-state index is 0.100. The van der Waals surface area contributed by atoms with Gasteiger partial charge in [0.2, 0.25) is 0 Å². The lowest BCUT2D eigenvalue weighted by Crippen LogP contribution is -2.27. The number of amides is 1. The molecule has 1 N–H and O–H groups in total. The van der Waals surface area contributed by atoms with E-state index in [1.165, 1.54) is 18.4 Å². The van der Waals surface area contributed by atoms with Crippen LogP contribution in [-0.4, -0.2) is 38.0 Å². The van der Waals surface area contributed by atoms with Crippen LogP contribution in [0.2, 0.25) is 0 Å². The summed E-state index contributed by atoms with van der Waals surface area (Å²) in [5, 5.41) is 3.38. The Labute approximate surface area is 109 Å². The number of carbonyl (C=O) groups excluding carboxylic acids is 1. The Kier molecular flexibility index (Phi) is 4.02. The number of carbonyl (C=O) groups is 1. The third-order valence-corrected chi connectivity index (χ3v) is 3.71. The van der Waals surface area contributed by atoms with Gasteiger partial charge in [0.15, 0.2) is 0 Å². The van der Waals surface area contributed by atoms with Crippen molar-refractivity contribution in [3.05, 3.63) is 34.9 Å². The van der Waals surface area contributed by atoms with Crippen molar-refractivity contribution in [3.8, 4) is 0 Å². The van der Waals surface area contributed by atoms with Crippen LogP contribution in [0.1, 0.15) is 40.2 Å². The summed E-state index contributed by atoms with van der Waals surface area (Å²) in [5.74, 6) is 0.698. The first-order chi connectivity index (χ1) is 8.59. The minimum Gasteiger partial charge on any atom is -0.345 e. The predicted octanol–water partition coefficient (Wildman–Crippen LogP) is 2.16. The smallest absolute Gasteiger partial charge is 0.253 e. The van der Waals surface area contributed by atoms with Crippen molar-refractivity contribution in [2.24, 2.45) is 0 Å². The van der Waals surface area contributed by atoms with Gasteiger partial charge < -0.3 is 10.2 Å². The van der Waals surface area contributed by atoms with Crippen molar-refractivity contribution >= 4 is 5.91 Å². The third kappa shape index (κ3) is 2.72. The first-order valence-corrected chi connectivity index (χ1v) is 6.62. The largest absolute Gasteiger partial charge is 0.345 e. The average molecular weight is 246 g/mol. The molecule has 2 rings (SSSR count). The Morgan fingerprint density at radius 3 is 2.56 bits per heavy atom. The van der Waals surface area contributed by atoms with E-state index in [4.69, 9.17) is 0 Å². The number of nitrogens with zero attached hydrogens (tertiary/aromatic N) is 1. The van der Waals surface area contributed by atoms with Gasteiger partial charge >= 0.3 is 0 Å². The van der Waals surface area contributed by atoms with Gasteiger partial charge in [0, 0.05) is 19.7 Å². The number of nitrogens with one attached hydrogen (secondary N) is 1. The van der Waals surface area contributed by atoms with Gasteiger partial charge in [0.1, 0.15) is 0 Å². The normalized spacial score (nSPS) is 16.6. The zero-order chi connectivity index (χ0) is 13.1. The second kappa shape index (κ2) is 5.53. The van der Waals surface area contributed by atoms with Gasteiger partial charge in [0.05, 0.1) is 0 Å². The third-order valence-electron chi connectivity index (χ3n) is 3.71. The number of benzene rings is 1. The molecule has 3 nitrogen and oxygen atoms in total. The second-order valence-electron chi connectivity index (χ2n) is 5.30. The van der Waals surface area contributed by atoms with E-state index < -0.39 is 0 Å². The molecule has 1 aliphatic rings. The molecule has 0 aromatic heterocycles. The molecule has 1 aromatic carbocycles. The van der Waals surface area contributed by atoms with Gasteiger partial charge in [-0.05, 0) is 56.0 Å². The van der Waals surface area contributed by atoms with Gasteiger partial charge in [-0.25, -0.2) is 0 Å². The van der Waals surface area contributed by atoms with Crippen molar-refractivity contribution in [3.63, 3.8) is 0 Å². The molecule has 0 aliphatic carbocycles. The van der Waals surface area contributed by atoms with Gasteiger partial charge in [0.25, 0.3) is 5.91 Å². The van der Waals surface area contributed by atoms with Crippen LogP contribution >= 0.6 is 0 Å². The van der Waals surface area contributed by atoms with Crippen molar-refractivity contribution in [1.82, 2.24) is 10.2 Å². The highest BCUT2D eigenvalue weighted by molar-refractivity contribution is 5.95. The maximum Gasteiger partial charge on any atom is 0.253 e. The number of hydrogen-bond acceptors (Lipinski definition) is 2. The van der Waals surface area contributed by atoms with Crippen LogP contribution in [0.15, 0.2) is 18.2 Å². The van der Waals surface area contributed by atoms with E-state index in [0.717, 1.165) is 24.2 Å². The molecule has 18 heavy (non-hydrogen) atoms. The topological polar surface area (TPSA) is 32.3 Å². The molecule has 0 saturated carbocycles. The van der Waals surface area contributed by atoms with Gasteiger partial charge in [-0.15, -0.1) is 0 Å². The molecule has 0 spiro atoms. The van der Waals surface area contributed by atoms with Crippen molar-refractivity contribution in [2.75, 3.05) is 27.2 Å². The van der Waals surface area contributed by atoms with Crippen LogP contribution in [0.25, 0.3) is 0 Å². The molecular weight excluding hydrogens is 224 g/mol. The van der Waals surface area contributed by atoms with E-state index in [1.54, 1.807) is 19.0 Å². The maximum atomic E-state index is 12.1. The summed E-state index contributed by atoms with van der Waals surface area (Å²) in [6.45, 7) is 4.16. The molecule has 1 aliphatic heterocycles. The summed E-state index contributed by atoms with van der Waals surface area (Å²) < 4.78 is 0. The molecule has 3 heteroatoms. The number of aryl methyl sites for hydroxylation is 1. The van der Waals surface area contributed by atoms with Crippen molar-refractivity contribution in [2.45, 2.75) is 25.7 Å². The second-order valence-corrected chi connectivity index (χ2v) is 5.30. The number of hydrogen-bond donors (Lipinski definition) is 1. The minimum atomic E-state index is 0.100. The lowest BCUT2D eigenvalue weighted by Gasteiger charge is -2.24. The standard InChI is InChI=1S/C15H22N2O/c1-11-4-5-13(12-6-8-16-9-7-12)10-14(11)15(18)17(2)3/h4-5,10,12,16H,6-9H2,1-3H3. The molecule has 0 atom stereocenters. The van der Waals surface area contributed by atoms with Gasteiger partial charge in [-0.1, -0.05) is 12.1 Å². The van der Waals surface area contributed by atoms with Crippen LogP contribution in [0.5, 0.6) is 0 Å². The summed E-state index contributed by atoms with van der Waals surface area (Å²) in [7, 11) is 3.61.